The molecule has 0 saturated carbocycles. The smallest absolute Gasteiger partial charge is 0.0250 e. The highest BCUT2D eigenvalue weighted by Crippen LogP contribution is 2.14. The molecule has 0 heterocycles. The van der Waals surface area contributed by atoms with E-state index in [1.165, 1.54) is 46.8 Å². The molecule has 11 heavy (non-hydrogen) atoms. The third kappa shape index (κ3) is 10.2. The van der Waals surface area contributed by atoms with E-state index in [1.807, 2.05) is 0 Å². The Morgan fingerprint density at radius 3 is 2.45 bits per heavy atom. The fraction of sp³-hybridized carbons (Fsp3) is 0.800. The molecular formula is C10H20P. The van der Waals surface area contributed by atoms with Crippen LogP contribution in [0.5, 0.6) is 0 Å². The van der Waals surface area contributed by atoms with Gasteiger partial charge in [0.15, 0.2) is 0 Å². The first-order chi connectivity index (χ1) is 5.41. The third-order valence-corrected chi connectivity index (χ3v) is 2.57. The molecule has 0 aromatic carbocycles. The van der Waals surface area contributed by atoms with Crippen molar-refractivity contribution < 1.29 is 0 Å². The molecule has 65 valence electrons. The summed E-state index contributed by atoms with van der Waals surface area (Å²) in [5, 5.41) is 0. The Hall–Kier alpha value is 0.170. The number of hydrogen-bond donors (Lipinski definition) is 0. The average molecular weight is 171 g/mol. The monoisotopic (exact) mass is 171 g/mol. The SMILES string of the molecule is CCCC/C=C/[P]CCCC. The first kappa shape index (κ1) is 11.2. The Kier molecular flexibility index (Phi) is 10.3. The van der Waals surface area contributed by atoms with Crippen LogP contribution in [0, 0.1) is 0 Å². The predicted molar refractivity (Wildman–Crippen MR) is 55.4 cm³/mol. The zero-order chi connectivity index (χ0) is 8.36. The van der Waals surface area contributed by atoms with E-state index >= 15 is 0 Å². The maximum absolute atomic E-state index is 2.32. The first-order valence-electron chi connectivity index (χ1n) is 4.73. The molecule has 0 nitrogen and oxygen atoms in total. The minimum Gasteiger partial charge on any atom is -0.0837 e. The second-order valence-corrected chi connectivity index (χ2v) is 3.90. The molecule has 0 atom stereocenters. The van der Waals surface area contributed by atoms with E-state index in [9.17, 15) is 0 Å². The van der Waals surface area contributed by atoms with Crippen molar-refractivity contribution in [3.63, 3.8) is 0 Å². The summed E-state index contributed by atoms with van der Waals surface area (Å²) in [6.07, 6.45) is 10.3. The summed E-state index contributed by atoms with van der Waals surface area (Å²) in [6, 6.07) is 0. The lowest BCUT2D eigenvalue weighted by molar-refractivity contribution is 0.815. The van der Waals surface area contributed by atoms with Crippen molar-refractivity contribution in [2.24, 2.45) is 0 Å². The van der Waals surface area contributed by atoms with Crippen LogP contribution in [-0.2, 0) is 0 Å². The maximum atomic E-state index is 2.32. The molecule has 1 radical (unpaired) electrons. The fourth-order valence-electron chi connectivity index (χ4n) is 0.795. The van der Waals surface area contributed by atoms with Crippen molar-refractivity contribution in [1.29, 1.82) is 0 Å². The van der Waals surface area contributed by atoms with Gasteiger partial charge < -0.3 is 0 Å². The van der Waals surface area contributed by atoms with Gasteiger partial charge in [0, 0.05) is 0 Å². The van der Waals surface area contributed by atoms with E-state index in [4.69, 9.17) is 0 Å². The van der Waals surface area contributed by atoms with Crippen molar-refractivity contribution >= 4 is 8.58 Å². The minimum absolute atomic E-state index is 1.27. The highest BCUT2D eigenvalue weighted by molar-refractivity contribution is 7.41. The fourth-order valence-corrected chi connectivity index (χ4v) is 1.74. The lowest BCUT2D eigenvalue weighted by atomic mass is 10.2. The molecule has 0 aliphatic carbocycles. The topological polar surface area (TPSA) is 0 Å². The van der Waals surface area contributed by atoms with Crippen molar-refractivity contribution in [2.75, 3.05) is 6.16 Å². The molecule has 0 aliphatic rings. The van der Waals surface area contributed by atoms with E-state index in [2.05, 4.69) is 25.7 Å². The van der Waals surface area contributed by atoms with Crippen LogP contribution < -0.4 is 0 Å². The molecule has 0 saturated heterocycles. The third-order valence-electron chi connectivity index (χ3n) is 1.58. The number of unbranched alkanes of at least 4 members (excludes halogenated alkanes) is 3. The van der Waals surface area contributed by atoms with E-state index in [0.29, 0.717) is 0 Å². The maximum Gasteiger partial charge on any atom is -0.0250 e. The van der Waals surface area contributed by atoms with Crippen LogP contribution in [0.3, 0.4) is 0 Å². The molecular weight excluding hydrogens is 151 g/mol. The summed E-state index contributed by atoms with van der Waals surface area (Å²) in [6.45, 7) is 4.49. The Bertz CT molecular complexity index is 86.9. The normalized spacial score (nSPS) is 12.2. The van der Waals surface area contributed by atoms with Gasteiger partial charge in [0.05, 0.1) is 0 Å². The van der Waals surface area contributed by atoms with Gasteiger partial charge in [-0.25, -0.2) is 0 Å². The van der Waals surface area contributed by atoms with Gasteiger partial charge in [0.2, 0.25) is 0 Å². The Morgan fingerprint density at radius 2 is 1.82 bits per heavy atom. The van der Waals surface area contributed by atoms with Gasteiger partial charge in [-0.1, -0.05) is 53.6 Å². The van der Waals surface area contributed by atoms with Gasteiger partial charge in [-0.3, -0.25) is 0 Å². The summed E-state index contributed by atoms with van der Waals surface area (Å²) in [5.41, 5.74) is 0. The van der Waals surface area contributed by atoms with Crippen molar-refractivity contribution in [3.05, 3.63) is 11.9 Å². The number of hydrogen-bond acceptors (Lipinski definition) is 0. The highest BCUT2D eigenvalue weighted by Gasteiger charge is 1.82. The van der Waals surface area contributed by atoms with Gasteiger partial charge in [0.1, 0.15) is 0 Å². The Morgan fingerprint density at radius 1 is 1.09 bits per heavy atom. The van der Waals surface area contributed by atoms with Crippen LogP contribution in [-0.4, -0.2) is 6.16 Å². The second-order valence-electron chi connectivity index (χ2n) is 2.79. The van der Waals surface area contributed by atoms with E-state index in [0.717, 1.165) is 0 Å². The van der Waals surface area contributed by atoms with Gasteiger partial charge in [-0.15, -0.1) is 0 Å². The zero-order valence-electron chi connectivity index (χ0n) is 7.84. The first-order valence-corrected chi connectivity index (χ1v) is 5.88. The molecule has 0 fully saturated rings. The molecule has 0 unspecified atom stereocenters. The molecule has 0 aromatic heterocycles. The van der Waals surface area contributed by atoms with Gasteiger partial charge >= 0.3 is 0 Å². The number of rotatable bonds is 7. The molecule has 0 aliphatic heterocycles. The van der Waals surface area contributed by atoms with Crippen LogP contribution in [0.2, 0.25) is 0 Å². The van der Waals surface area contributed by atoms with Gasteiger partial charge in [-0.2, -0.15) is 0 Å². The minimum atomic E-state index is 1.27. The van der Waals surface area contributed by atoms with Gasteiger partial charge in [-0.05, 0) is 19.0 Å². The van der Waals surface area contributed by atoms with Crippen molar-refractivity contribution in [3.8, 4) is 0 Å². The van der Waals surface area contributed by atoms with E-state index in [-0.39, 0.29) is 0 Å². The van der Waals surface area contributed by atoms with Gasteiger partial charge in [0.25, 0.3) is 0 Å². The summed E-state index contributed by atoms with van der Waals surface area (Å²) < 4.78 is 0. The number of allylic oxidation sites excluding steroid dienone is 1. The van der Waals surface area contributed by atoms with Crippen LogP contribution in [0.1, 0.15) is 46.0 Å². The molecule has 0 aromatic rings. The summed E-state index contributed by atoms with van der Waals surface area (Å²) in [7, 11) is 1.51. The van der Waals surface area contributed by atoms with Crippen molar-refractivity contribution in [1.82, 2.24) is 0 Å². The molecule has 0 bridgehead atoms. The largest absolute Gasteiger partial charge is 0.0837 e. The highest BCUT2D eigenvalue weighted by atomic mass is 31.1. The second kappa shape index (κ2) is 10.2. The molecule has 0 amide bonds. The average Bonchev–Trinajstić information content (AvgIpc) is 2.03. The van der Waals surface area contributed by atoms with E-state index < -0.39 is 0 Å². The van der Waals surface area contributed by atoms with Crippen LogP contribution >= 0.6 is 8.58 Å². The molecule has 0 rings (SSSR count). The molecule has 1 heteroatoms. The quantitative estimate of drug-likeness (QED) is 0.392. The Labute approximate surface area is 73.2 Å². The molecule has 0 N–H and O–H groups in total. The lowest BCUT2D eigenvalue weighted by Gasteiger charge is -1.91. The standard InChI is InChI=1S/C10H20P/c1-3-5-7-8-10-11-9-6-4-2/h8,10H,3-7,9H2,1-2H3/b10-8+. The predicted octanol–water partition coefficient (Wildman–Crippen LogP) is 4.44. The summed E-state index contributed by atoms with van der Waals surface area (Å²) in [4.78, 5) is 0. The van der Waals surface area contributed by atoms with E-state index in [1.54, 1.807) is 0 Å². The Balaban J connectivity index is 2.91. The molecule has 0 spiro atoms. The van der Waals surface area contributed by atoms with Crippen molar-refractivity contribution in [2.45, 2.75) is 46.0 Å². The lowest BCUT2D eigenvalue weighted by Crippen LogP contribution is -1.70. The van der Waals surface area contributed by atoms with Crippen LogP contribution in [0.4, 0.5) is 0 Å². The van der Waals surface area contributed by atoms with Crippen LogP contribution in [0.25, 0.3) is 0 Å². The van der Waals surface area contributed by atoms with Crippen LogP contribution in [0.15, 0.2) is 11.9 Å². The summed E-state index contributed by atoms with van der Waals surface area (Å²) >= 11 is 0. The summed E-state index contributed by atoms with van der Waals surface area (Å²) in [5.74, 6) is 2.31. The zero-order valence-corrected chi connectivity index (χ0v) is 8.74.